The highest BCUT2D eigenvalue weighted by molar-refractivity contribution is 5.81. The monoisotopic (exact) mass is 286 g/mol. The first kappa shape index (κ1) is 14.1. The molecule has 1 amide bonds. The third kappa shape index (κ3) is 2.65. The van der Waals surface area contributed by atoms with Crippen molar-refractivity contribution in [3.05, 3.63) is 35.8 Å². The predicted molar refractivity (Wildman–Crippen MR) is 82.1 cm³/mol. The van der Waals surface area contributed by atoms with Crippen molar-refractivity contribution in [3.8, 4) is 0 Å². The van der Waals surface area contributed by atoms with E-state index < -0.39 is 0 Å². The number of hydrogen-bond acceptors (Lipinski definition) is 3. The molecular weight excluding hydrogens is 264 g/mol. The summed E-state index contributed by atoms with van der Waals surface area (Å²) in [6.07, 6.45) is 4.11. The van der Waals surface area contributed by atoms with E-state index in [-0.39, 0.29) is 11.9 Å². The third-order valence-electron chi connectivity index (χ3n) is 4.20. The number of carbonyl (C=O) groups is 1. The molecule has 0 aliphatic carbocycles. The van der Waals surface area contributed by atoms with Crippen LogP contribution in [0.25, 0.3) is 5.65 Å². The van der Waals surface area contributed by atoms with Crippen LogP contribution in [0.5, 0.6) is 0 Å². The van der Waals surface area contributed by atoms with Gasteiger partial charge in [-0.2, -0.15) is 0 Å². The smallest absolute Gasteiger partial charge is 0.239 e. The van der Waals surface area contributed by atoms with Gasteiger partial charge >= 0.3 is 0 Å². The number of aromatic nitrogens is 2. The molecule has 0 N–H and O–H groups in total. The van der Waals surface area contributed by atoms with Gasteiger partial charge in [0.1, 0.15) is 5.65 Å². The molecule has 112 valence electrons. The summed E-state index contributed by atoms with van der Waals surface area (Å²) >= 11 is 0. The van der Waals surface area contributed by atoms with Crippen LogP contribution in [0.1, 0.15) is 24.2 Å². The normalized spacial score (nSPS) is 19.3. The fourth-order valence-electron chi connectivity index (χ4n) is 3.08. The highest BCUT2D eigenvalue weighted by Gasteiger charge is 2.31. The molecular formula is C16H22N4O. The zero-order valence-corrected chi connectivity index (χ0v) is 12.9. The molecule has 3 rings (SSSR count). The van der Waals surface area contributed by atoms with Crippen LogP contribution in [0.3, 0.4) is 0 Å². The van der Waals surface area contributed by atoms with Crippen molar-refractivity contribution < 1.29 is 4.79 Å². The first-order valence-corrected chi connectivity index (χ1v) is 7.45. The van der Waals surface area contributed by atoms with Gasteiger partial charge in [-0.15, -0.1) is 0 Å². The van der Waals surface area contributed by atoms with E-state index in [1.807, 2.05) is 26.2 Å². The van der Waals surface area contributed by atoms with Crippen LogP contribution in [0.2, 0.25) is 0 Å². The fourth-order valence-corrected chi connectivity index (χ4v) is 3.08. The quantitative estimate of drug-likeness (QED) is 0.862. The zero-order chi connectivity index (χ0) is 15.0. The van der Waals surface area contributed by atoms with Crippen molar-refractivity contribution >= 4 is 11.6 Å². The highest BCUT2D eigenvalue weighted by Crippen LogP contribution is 2.21. The Balaban J connectivity index is 1.81. The summed E-state index contributed by atoms with van der Waals surface area (Å²) in [4.78, 5) is 20.8. The predicted octanol–water partition coefficient (Wildman–Crippen LogP) is 1.70. The zero-order valence-electron chi connectivity index (χ0n) is 12.9. The molecule has 1 unspecified atom stereocenters. The first-order valence-electron chi connectivity index (χ1n) is 7.45. The number of aryl methyl sites for hydroxylation is 1. The van der Waals surface area contributed by atoms with E-state index in [1.165, 1.54) is 5.69 Å². The number of imidazole rings is 1. The van der Waals surface area contributed by atoms with Gasteiger partial charge < -0.3 is 9.30 Å². The highest BCUT2D eigenvalue weighted by atomic mass is 16.2. The molecule has 0 bridgehead atoms. The lowest BCUT2D eigenvalue weighted by molar-refractivity contribution is -0.133. The van der Waals surface area contributed by atoms with Gasteiger partial charge in [-0.1, -0.05) is 6.07 Å². The lowest BCUT2D eigenvalue weighted by Gasteiger charge is -2.25. The number of pyridine rings is 1. The second-order valence-corrected chi connectivity index (χ2v) is 5.99. The number of likely N-dealkylation sites (N-methyl/N-ethyl adjacent to an activating group) is 1. The Morgan fingerprint density at radius 3 is 2.95 bits per heavy atom. The Bertz CT molecular complexity index is 661. The SMILES string of the molecule is Cc1cccc2nc(CN3CCCC3C(=O)N(C)C)cn12. The number of amides is 1. The molecule has 1 fully saturated rings. The van der Waals surface area contributed by atoms with E-state index in [1.54, 1.807) is 4.90 Å². The number of likely N-dealkylation sites (tertiary alicyclic amines) is 1. The molecule has 5 heteroatoms. The molecule has 1 aliphatic heterocycles. The standard InChI is InChI=1S/C16H22N4O/c1-12-6-4-8-15-17-13(11-20(12)15)10-19-9-5-7-14(19)16(21)18(2)3/h4,6,8,11,14H,5,7,9-10H2,1-3H3. The first-order chi connectivity index (χ1) is 10.1. The van der Waals surface area contributed by atoms with Crippen molar-refractivity contribution in [1.82, 2.24) is 19.2 Å². The average molecular weight is 286 g/mol. The van der Waals surface area contributed by atoms with E-state index >= 15 is 0 Å². The Morgan fingerprint density at radius 2 is 2.24 bits per heavy atom. The summed E-state index contributed by atoms with van der Waals surface area (Å²) < 4.78 is 2.11. The maximum Gasteiger partial charge on any atom is 0.239 e. The van der Waals surface area contributed by atoms with Crippen molar-refractivity contribution in [2.45, 2.75) is 32.4 Å². The molecule has 1 saturated heterocycles. The van der Waals surface area contributed by atoms with E-state index in [2.05, 4.69) is 33.5 Å². The minimum absolute atomic E-state index is 0.00547. The number of rotatable bonds is 3. The Kier molecular flexibility index (Phi) is 3.68. The molecule has 0 spiro atoms. The summed E-state index contributed by atoms with van der Waals surface area (Å²) in [6, 6.07) is 6.12. The van der Waals surface area contributed by atoms with Gasteiger partial charge in [-0.3, -0.25) is 9.69 Å². The Morgan fingerprint density at radius 1 is 1.43 bits per heavy atom. The van der Waals surface area contributed by atoms with Crippen LogP contribution in [-0.4, -0.2) is 51.8 Å². The van der Waals surface area contributed by atoms with Crippen LogP contribution in [0.4, 0.5) is 0 Å². The van der Waals surface area contributed by atoms with Crippen LogP contribution < -0.4 is 0 Å². The van der Waals surface area contributed by atoms with E-state index in [0.717, 1.165) is 37.3 Å². The molecule has 1 aliphatic rings. The minimum Gasteiger partial charge on any atom is -0.347 e. The minimum atomic E-state index is 0.00547. The van der Waals surface area contributed by atoms with E-state index in [9.17, 15) is 4.79 Å². The molecule has 2 aromatic heterocycles. The lowest BCUT2D eigenvalue weighted by atomic mass is 10.2. The molecule has 2 aromatic rings. The number of fused-ring (bicyclic) bond motifs is 1. The van der Waals surface area contributed by atoms with Crippen LogP contribution in [-0.2, 0) is 11.3 Å². The van der Waals surface area contributed by atoms with Gasteiger partial charge in [-0.25, -0.2) is 4.98 Å². The van der Waals surface area contributed by atoms with E-state index in [0.29, 0.717) is 0 Å². The third-order valence-corrected chi connectivity index (χ3v) is 4.20. The summed E-state index contributed by atoms with van der Waals surface area (Å²) in [5.74, 6) is 0.201. The fraction of sp³-hybridized carbons (Fsp3) is 0.500. The molecule has 0 radical (unpaired) electrons. The van der Waals surface area contributed by atoms with Crippen LogP contribution in [0, 0.1) is 6.92 Å². The van der Waals surface area contributed by atoms with Crippen molar-refractivity contribution in [1.29, 1.82) is 0 Å². The maximum absolute atomic E-state index is 12.2. The van der Waals surface area contributed by atoms with Crippen LogP contribution in [0.15, 0.2) is 24.4 Å². The van der Waals surface area contributed by atoms with Gasteiger partial charge in [0.2, 0.25) is 5.91 Å². The summed E-state index contributed by atoms with van der Waals surface area (Å²) in [5, 5.41) is 0. The van der Waals surface area contributed by atoms with Gasteiger partial charge in [-0.05, 0) is 38.4 Å². The van der Waals surface area contributed by atoms with Crippen molar-refractivity contribution in [3.63, 3.8) is 0 Å². The number of hydrogen-bond donors (Lipinski definition) is 0. The molecule has 3 heterocycles. The largest absolute Gasteiger partial charge is 0.347 e. The summed E-state index contributed by atoms with van der Waals surface area (Å²) in [5.41, 5.74) is 3.18. The summed E-state index contributed by atoms with van der Waals surface area (Å²) in [7, 11) is 3.65. The topological polar surface area (TPSA) is 40.9 Å². The molecule has 1 atom stereocenters. The molecule has 0 aromatic carbocycles. The summed E-state index contributed by atoms with van der Waals surface area (Å²) in [6.45, 7) is 3.79. The van der Waals surface area contributed by atoms with Gasteiger partial charge in [0.15, 0.2) is 0 Å². The maximum atomic E-state index is 12.2. The average Bonchev–Trinajstić information content (AvgIpc) is 3.05. The van der Waals surface area contributed by atoms with Gasteiger partial charge in [0.25, 0.3) is 0 Å². The Labute approximate surface area is 125 Å². The second-order valence-electron chi connectivity index (χ2n) is 5.99. The molecule has 0 saturated carbocycles. The number of nitrogens with zero attached hydrogens (tertiary/aromatic N) is 4. The number of carbonyl (C=O) groups excluding carboxylic acids is 1. The molecule has 21 heavy (non-hydrogen) atoms. The second kappa shape index (κ2) is 5.48. The van der Waals surface area contributed by atoms with Gasteiger partial charge in [0.05, 0.1) is 11.7 Å². The Hall–Kier alpha value is -1.88. The van der Waals surface area contributed by atoms with Crippen LogP contribution >= 0.6 is 0 Å². The van der Waals surface area contributed by atoms with Crippen molar-refractivity contribution in [2.24, 2.45) is 0 Å². The molecule has 5 nitrogen and oxygen atoms in total. The lowest BCUT2D eigenvalue weighted by Crippen LogP contribution is -2.42. The van der Waals surface area contributed by atoms with Crippen molar-refractivity contribution in [2.75, 3.05) is 20.6 Å². The van der Waals surface area contributed by atoms with E-state index in [4.69, 9.17) is 0 Å². The van der Waals surface area contributed by atoms with Gasteiger partial charge in [0, 0.05) is 32.5 Å².